The highest BCUT2D eigenvalue weighted by molar-refractivity contribution is 5.99. The summed E-state index contributed by atoms with van der Waals surface area (Å²) in [5, 5.41) is 13.8. The number of anilines is 1. The Morgan fingerprint density at radius 2 is 2.09 bits per heavy atom. The number of amides is 2. The van der Waals surface area contributed by atoms with E-state index in [-0.39, 0.29) is 43.2 Å². The van der Waals surface area contributed by atoms with Gasteiger partial charge in [0.05, 0.1) is 18.2 Å². The van der Waals surface area contributed by atoms with E-state index in [2.05, 4.69) is 20.6 Å². The largest absolute Gasteiger partial charge is 0.405 e. The van der Waals surface area contributed by atoms with Crippen LogP contribution in [0.5, 0.6) is 0 Å². The minimum atomic E-state index is -4.35. The Hall–Kier alpha value is -3.21. The first-order chi connectivity index (χ1) is 15.6. The molecule has 0 saturated carbocycles. The van der Waals surface area contributed by atoms with Crippen LogP contribution in [-0.4, -0.2) is 57.7 Å². The number of fused-ring (bicyclic) bond motifs is 1. The van der Waals surface area contributed by atoms with E-state index in [9.17, 15) is 22.8 Å². The van der Waals surface area contributed by atoms with Crippen LogP contribution >= 0.6 is 0 Å². The van der Waals surface area contributed by atoms with Gasteiger partial charge in [0, 0.05) is 43.2 Å². The summed E-state index contributed by atoms with van der Waals surface area (Å²) in [6.45, 7) is 2.88. The maximum Gasteiger partial charge on any atom is 0.405 e. The molecule has 2 amide bonds. The van der Waals surface area contributed by atoms with Gasteiger partial charge in [-0.05, 0) is 43.5 Å². The highest BCUT2D eigenvalue weighted by Gasteiger charge is 2.34. The number of rotatable bonds is 9. The average molecular weight is 465 g/mol. The SMILES string of the molecule is Cc1cc(C(C)N2Cc3c(ccnc3CC(=O)NCCCO)C2=O)cnc1NCC(F)(F)F. The van der Waals surface area contributed by atoms with Crippen molar-refractivity contribution in [2.24, 2.45) is 0 Å². The van der Waals surface area contributed by atoms with E-state index in [1.165, 1.54) is 12.4 Å². The topological polar surface area (TPSA) is 107 Å². The maximum atomic E-state index is 13.0. The van der Waals surface area contributed by atoms with Crippen LogP contribution < -0.4 is 10.6 Å². The molecular formula is C22H26F3N5O3. The first-order valence-electron chi connectivity index (χ1n) is 10.5. The smallest absolute Gasteiger partial charge is 0.396 e. The van der Waals surface area contributed by atoms with Crippen molar-refractivity contribution < 1.29 is 27.9 Å². The van der Waals surface area contributed by atoms with Crippen molar-refractivity contribution in [3.8, 4) is 0 Å². The molecule has 11 heteroatoms. The van der Waals surface area contributed by atoms with Gasteiger partial charge in [-0.1, -0.05) is 0 Å². The van der Waals surface area contributed by atoms with Gasteiger partial charge in [0.25, 0.3) is 5.91 Å². The molecule has 1 aliphatic rings. The average Bonchev–Trinajstić information content (AvgIpc) is 3.09. The molecule has 1 aliphatic heterocycles. The van der Waals surface area contributed by atoms with Crippen molar-refractivity contribution in [3.05, 3.63) is 52.5 Å². The number of alkyl halides is 3. The number of pyridine rings is 2. The number of aryl methyl sites for hydroxylation is 1. The summed E-state index contributed by atoms with van der Waals surface area (Å²) < 4.78 is 37.4. The number of aliphatic hydroxyl groups is 1. The molecule has 3 rings (SSSR count). The molecule has 0 aliphatic carbocycles. The molecule has 0 spiro atoms. The van der Waals surface area contributed by atoms with Crippen molar-refractivity contribution in [1.29, 1.82) is 0 Å². The van der Waals surface area contributed by atoms with Gasteiger partial charge < -0.3 is 20.6 Å². The summed E-state index contributed by atoms with van der Waals surface area (Å²) >= 11 is 0. The van der Waals surface area contributed by atoms with Gasteiger partial charge in [-0.2, -0.15) is 13.2 Å². The van der Waals surface area contributed by atoms with E-state index >= 15 is 0 Å². The minimum Gasteiger partial charge on any atom is -0.396 e. The molecule has 0 bridgehead atoms. The van der Waals surface area contributed by atoms with E-state index in [4.69, 9.17) is 5.11 Å². The summed E-state index contributed by atoms with van der Waals surface area (Å²) in [6, 6.07) is 2.94. The Morgan fingerprint density at radius 1 is 1.33 bits per heavy atom. The lowest BCUT2D eigenvalue weighted by atomic mass is 10.1. The fourth-order valence-electron chi connectivity index (χ4n) is 3.67. The highest BCUT2D eigenvalue weighted by atomic mass is 19.4. The second kappa shape index (κ2) is 10.2. The number of carbonyl (C=O) groups excluding carboxylic acids is 2. The Balaban J connectivity index is 1.73. The third-order valence-electron chi connectivity index (χ3n) is 5.46. The van der Waals surface area contributed by atoms with Crippen molar-refractivity contribution >= 4 is 17.6 Å². The molecule has 3 heterocycles. The number of halogens is 3. The number of hydrogen-bond acceptors (Lipinski definition) is 6. The summed E-state index contributed by atoms with van der Waals surface area (Å²) in [4.78, 5) is 35.2. The van der Waals surface area contributed by atoms with Crippen LogP contribution in [0.3, 0.4) is 0 Å². The minimum absolute atomic E-state index is 0.0182. The molecule has 0 saturated heterocycles. The van der Waals surface area contributed by atoms with E-state index < -0.39 is 12.7 Å². The van der Waals surface area contributed by atoms with Crippen LogP contribution in [0.2, 0.25) is 0 Å². The van der Waals surface area contributed by atoms with Crippen LogP contribution in [-0.2, 0) is 17.8 Å². The van der Waals surface area contributed by atoms with Gasteiger partial charge in [0.15, 0.2) is 0 Å². The lowest BCUT2D eigenvalue weighted by molar-refractivity contribution is -0.120. The molecule has 0 fully saturated rings. The molecule has 8 nitrogen and oxygen atoms in total. The Morgan fingerprint density at radius 3 is 2.76 bits per heavy atom. The molecule has 178 valence electrons. The van der Waals surface area contributed by atoms with Gasteiger partial charge in [0.2, 0.25) is 5.91 Å². The quantitative estimate of drug-likeness (QED) is 0.492. The fraction of sp³-hybridized carbons (Fsp3) is 0.455. The molecule has 3 N–H and O–H groups in total. The monoisotopic (exact) mass is 465 g/mol. The summed E-state index contributed by atoms with van der Waals surface area (Å²) in [7, 11) is 0. The van der Waals surface area contributed by atoms with Crippen LogP contribution in [0.1, 0.15) is 52.1 Å². The van der Waals surface area contributed by atoms with Crippen molar-refractivity contribution in [3.63, 3.8) is 0 Å². The number of aromatic nitrogens is 2. The van der Waals surface area contributed by atoms with Crippen molar-refractivity contribution in [2.75, 3.05) is 25.0 Å². The van der Waals surface area contributed by atoms with Crippen LogP contribution in [0, 0.1) is 6.92 Å². The molecule has 0 radical (unpaired) electrons. The van der Waals surface area contributed by atoms with E-state index in [1.807, 2.05) is 6.92 Å². The maximum absolute atomic E-state index is 13.0. The number of carbonyl (C=O) groups is 2. The van der Waals surface area contributed by atoms with E-state index in [0.29, 0.717) is 40.9 Å². The van der Waals surface area contributed by atoms with Crippen LogP contribution in [0.25, 0.3) is 0 Å². The molecule has 2 aromatic rings. The predicted molar refractivity (Wildman–Crippen MR) is 114 cm³/mol. The standard InChI is InChI=1S/C22H26F3N5O3/c1-13-8-15(10-28-20(13)29-12-22(23,24)25)14(2)30-11-17-16(21(30)33)4-6-26-18(17)9-19(32)27-5-3-7-31/h4,6,8,10,14,31H,3,5,7,9,11-12H2,1-2H3,(H,27,32)(H,28,29). The first-order valence-corrected chi connectivity index (χ1v) is 10.5. The number of nitrogens with zero attached hydrogens (tertiary/aromatic N) is 3. The Bertz CT molecular complexity index is 1030. The zero-order valence-corrected chi connectivity index (χ0v) is 18.4. The van der Waals surface area contributed by atoms with Gasteiger partial charge in [-0.15, -0.1) is 0 Å². The van der Waals surface area contributed by atoms with E-state index in [1.54, 1.807) is 24.0 Å². The van der Waals surface area contributed by atoms with Gasteiger partial charge in [-0.3, -0.25) is 14.6 Å². The third-order valence-corrected chi connectivity index (χ3v) is 5.46. The van der Waals surface area contributed by atoms with Crippen LogP contribution in [0.15, 0.2) is 24.5 Å². The zero-order chi connectivity index (χ0) is 24.2. The van der Waals surface area contributed by atoms with E-state index in [0.717, 1.165) is 0 Å². The summed E-state index contributed by atoms with van der Waals surface area (Å²) in [6.07, 6.45) is -0.929. The van der Waals surface area contributed by atoms with Crippen molar-refractivity contribution in [1.82, 2.24) is 20.2 Å². The first kappa shape index (κ1) is 24.4. The van der Waals surface area contributed by atoms with Gasteiger partial charge >= 0.3 is 6.18 Å². The van der Waals surface area contributed by atoms with Crippen molar-refractivity contribution in [2.45, 2.75) is 45.5 Å². The molecule has 1 atom stereocenters. The second-order valence-corrected chi connectivity index (χ2v) is 7.90. The lowest BCUT2D eigenvalue weighted by Crippen LogP contribution is -2.28. The molecule has 1 unspecified atom stereocenters. The number of aliphatic hydroxyl groups excluding tert-OH is 1. The number of hydrogen-bond donors (Lipinski definition) is 3. The molecular weight excluding hydrogens is 439 g/mol. The molecule has 0 aromatic carbocycles. The Kier molecular flexibility index (Phi) is 7.52. The third kappa shape index (κ3) is 5.98. The zero-order valence-electron chi connectivity index (χ0n) is 18.4. The predicted octanol–water partition coefficient (Wildman–Crippen LogP) is 2.52. The highest BCUT2D eigenvalue weighted by Crippen LogP contribution is 2.33. The normalized spacial score (nSPS) is 14.2. The van der Waals surface area contributed by atoms with Gasteiger partial charge in [-0.25, -0.2) is 4.98 Å². The fourth-order valence-corrected chi connectivity index (χ4v) is 3.67. The molecule has 33 heavy (non-hydrogen) atoms. The number of nitrogens with one attached hydrogen (secondary N) is 2. The second-order valence-electron chi connectivity index (χ2n) is 7.90. The van der Waals surface area contributed by atoms with Gasteiger partial charge in [0.1, 0.15) is 12.4 Å². The summed E-state index contributed by atoms with van der Waals surface area (Å²) in [5.41, 5.74) is 2.89. The summed E-state index contributed by atoms with van der Waals surface area (Å²) in [5.74, 6) is -0.318. The van der Waals surface area contributed by atoms with Crippen LogP contribution in [0.4, 0.5) is 19.0 Å². The Labute approximate surface area is 189 Å². The lowest BCUT2D eigenvalue weighted by Gasteiger charge is -2.25. The molecule has 2 aromatic heterocycles.